The van der Waals surface area contributed by atoms with Gasteiger partial charge in [-0.25, -0.2) is 22.1 Å². The van der Waals surface area contributed by atoms with E-state index in [-0.39, 0.29) is 23.9 Å². The molecule has 4 aromatic rings. The summed E-state index contributed by atoms with van der Waals surface area (Å²) < 4.78 is 62.0. The molecule has 0 saturated heterocycles. The summed E-state index contributed by atoms with van der Waals surface area (Å²) in [6.07, 6.45) is 9.24. The van der Waals surface area contributed by atoms with E-state index in [1.807, 2.05) is 0 Å². The minimum atomic E-state index is -4.27. The number of aliphatic hydroxyl groups is 1. The zero-order chi connectivity index (χ0) is 37.7. The van der Waals surface area contributed by atoms with E-state index in [0.29, 0.717) is 40.6 Å². The number of unbranched alkanes of at least 4 members (excludes halogenated alkanes) is 8. The molecule has 13 heteroatoms. The lowest BCUT2D eigenvalue weighted by Crippen LogP contribution is -2.37. The first-order valence-electron chi connectivity index (χ1n) is 18.0. The van der Waals surface area contributed by atoms with E-state index >= 15 is 0 Å². The maximum Gasteiger partial charge on any atom is 0.246 e. The van der Waals surface area contributed by atoms with Crippen molar-refractivity contribution in [2.75, 3.05) is 37.9 Å². The highest BCUT2D eigenvalue weighted by Crippen LogP contribution is 2.39. The molecule has 2 heterocycles. The molecule has 52 heavy (non-hydrogen) atoms. The van der Waals surface area contributed by atoms with E-state index in [1.54, 1.807) is 41.0 Å². The van der Waals surface area contributed by atoms with Crippen molar-refractivity contribution in [1.29, 1.82) is 0 Å². The van der Waals surface area contributed by atoms with Crippen LogP contribution in [0.4, 0.5) is 10.3 Å². The van der Waals surface area contributed by atoms with Crippen LogP contribution in [0, 0.1) is 11.2 Å². The van der Waals surface area contributed by atoms with Crippen molar-refractivity contribution in [2.45, 2.75) is 91.1 Å². The second kappa shape index (κ2) is 19.0. The number of aliphatic hydroxyl groups excluding tert-OH is 1. The number of aromatic nitrogens is 4. The number of hydrogen-bond donors (Lipinski definition) is 1. The summed E-state index contributed by atoms with van der Waals surface area (Å²) in [6, 6.07) is 15.5. The first-order valence-corrected chi connectivity index (χ1v) is 19.6. The molecule has 2 aromatic carbocycles. The van der Waals surface area contributed by atoms with Gasteiger partial charge in [0.05, 0.1) is 33.2 Å². The molecule has 11 nitrogen and oxygen atoms in total. The molecule has 0 aliphatic rings. The van der Waals surface area contributed by atoms with E-state index in [0.717, 1.165) is 25.7 Å². The van der Waals surface area contributed by atoms with Crippen molar-refractivity contribution in [3.63, 3.8) is 0 Å². The minimum Gasteiger partial charge on any atom is -0.494 e. The summed E-state index contributed by atoms with van der Waals surface area (Å²) in [7, 11) is 0.245. The first kappa shape index (κ1) is 40.5. The van der Waals surface area contributed by atoms with Crippen molar-refractivity contribution in [1.82, 2.24) is 19.7 Å². The monoisotopic (exact) mass is 739 g/mol. The van der Waals surface area contributed by atoms with Gasteiger partial charge in [-0.05, 0) is 54.2 Å². The molecule has 0 fully saturated rings. The fourth-order valence-electron chi connectivity index (χ4n) is 6.10. The van der Waals surface area contributed by atoms with Crippen LogP contribution in [0.15, 0.2) is 60.7 Å². The number of nitrogens with zero attached hydrogens (tertiary/aromatic N) is 5. The summed E-state index contributed by atoms with van der Waals surface area (Å²) in [4.78, 5) is 4.56. The average molecular weight is 740 g/mol. The van der Waals surface area contributed by atoms with Crippen LogP contribution in [0.25, 0.3) is 17.2 Å². The Morgan fingerprint density at radius 3 is 1.94 bits per heavy atom. The number of para-hydroxylation sites is 1. The van der Waals surface area contributed by atoms with Crippen LogP contribution in [-0.4, -0.2) is 66.9 Å². The predicted octanol–water partition coefficient (Wildman–Crippen LogP) is 8.31. The molecule has 1 N–H and O–H groups in total. The summed E-state index contributed by atoms with van der Waals surface area (Å²) >= 11 is 0. The van der Waals surface area contributed by atoms with E-state index in [4.69, 9.17) is 14.2 Å². The van der Waals surface area contributed by atoms with Gasteiger partial charge in [0.2, 0.25) is 21.9 Å². The van der Waals surface area contributed by atoms with Gasteiger partial charge < -0.3 is 19.3 Å². The molecule has 4 rings (SSSR count). The molecule has 0 radical (unpaired) electrons. The summed E-state index contributed by atoms with van der Waals surface area (Å²) in [5.41, 5.74) is 1.39. The fraction of sp³-hybridized carbons (Fsp3) is 0.513. The summed E-state index contributed by atoms with van der Waals surface area (Å²) in [6.45, 7) is 6.92. The lowest BCUT2D eigenvalue weighted by molar-refractivity contribution is 0.201. The lowest BCUT2D eigenvalue weighted by atomic mass is 9.89. The van der Waals surface area contributed by atoms with Crippen LogP contribution >= 0.6 is 0 Å². The molecule has 2 aromatic heterocycles. The van der Waals surface area contributed by atoms with Gasteiger partial charge >= 0.3 is 0 Å². The normalized spacial score (nSPS) is 12.5. The van der Waals surface area contributed by atoms with Crippen molar-refractivity contribution in [3.8, 4) is 34.6 Å². The number of methoxy groups -OCH3 is 3. The molecule has 0 amide bonds. The molecular weight excluding hydrogens is 686 g/mol. The standard InChI is InChI=1S/C39H54FN5O6S/c1-39(2,3)26-14-12-10-8-7-9-11-13-15-27-44(52(47,48)28-32(46)29-22-24-30(40)25-23-29)38-43-42-37(31-18-16-21-35(41-31)51-6)45(38)36-33(49-4)19-17-20-34(36)50-5/h16-25,32,46H,7-15,26-28H2,1-6H3. The molecule has 0 saturated carbocycles. The van der Waals surface area contributed by atoms with Gasteiger partial charge in [0.25, 0.3) is 0 Å². The van der Waals surface area contributed by atoms with Crippen molar-refractivity contribution < 1.29 is 32.1 Å². The van der Waals surface area contributed by atoms with Crippen molar-refractivity contribution in [3.05, 3.63) is 72.0 Å². The largest absolute Gasteiger partial charge is 0.494 e. The molecule has 284 valence electrons. The number of benzene rings is 2. The van der Waals surface area contributed by atoms with Gasteiger partial charge in [0, 0.05) is 12.6 Å². The Bertz CT molecular complexity index is 1790. The average Bonchev–Trinajstić information content (AvgIpc) is 3.55. The number of sulfonamides is 1. The Hall–Kier alpha value is -4.23. The number of anilines is 1. The quantitative estimate of drug-likeness (QED) is 0.0839. The van der Waals surface area contributed by atoms with Gasteiger partial charge in [-0.1, -0.05) is 96.4 Å². The van der Waals surface area contributed by atoms with Gasteiger partial charge in [0.15, 0.2) is 5.82 Å². The van der Waals surface area contributed by atoms with Gasteiger partial charge in [0.1, 0.15) is 28.7 Å². The predicted molar refractivity (Wildman–Crippen MR) is 202 cm³/mol. The van der Waals surface area contributed by atoms with Crippen LogP contribution in [0.5, 0.6) is 17.4 Å². The van der Waals surface area contributed by atoms with Crippen LogP contribution < -0.4 is 18.5 Å². The third-order valence-electron chi connectivity index (χ3n) is 8.90. The highest BCUT2D eigenvalue weighted by atomic mass is 32.2. The topological polar surface area (TPSA) is 129 Å². The van der Waals surface area contributed by atoms with E-state index in [2.05, 4.69) is 36.0 Å². The SMILES string of the molecule is COc1cccc(-c2nnc(N(CCCCCCCCCCCC(C)(C)C)S(=O)(=O)CC(O)c3ccc(F)cc3)n2-c2c(OC)cccc2OC)n1. The van der Waals surface area contributed by atoms with Crippen LogP contribution in [0.1, 0.15) is 96.6 Å². The molecule has 0 aliphatic heterocycles. The Balaban J connectivity index is 1.66. The number of ether oxygens (including phenoxy) is 3. The van der Waals surface area contributed by atoms with E-state index in [1.165, 1.54) is 82.0 Å². The molecule has 0 aliphatic carbocycles. The van der Waals surface area contributed by atoms with Crippen LogP contribution in [0.2, 0.25) is 0 Å². The van der Waals surface area contributed by atoms with Crippen LogP contribution in [0.3, 0.4) is 0 Å². The number of hydrogen-bond acceptors (Lipinski definition) is 9. The Morgan fingerprint density at radius 2 is 1.37 bits per heavy atom. The molecule has 0 spiro atoms. The first-order chi connectivity index (χ1) is 24.9. The third-order valence-corrected chi connectivity index (χ3v) is 10.7. The molecular formula is C39H54FN5O6S. The molecule has 1 atom stereocenters. The van der Waals surface area contributed by atoms with Gasteiger partial charge in [-0.2, -0.15) is 0 Å². The zero-order valence-corrected chi connectivity index (χ0v) is 32.2. The number of pyridine rings is 1. The maximum absolute atomic E-state index is 14.4. The minimum absolute atomic E-state index is 0.0241. The van der Waals surface area contributed by atoms with Gasteiger partial charge in [-0.3, -0.25) is 4.57 Å². The summed E-state index contributed by atoms with van der Waals surface area (Å²) in [5, 5.41) is 20.0. The summed E-state index contributed by atoms with van der Waals surface area (Å²) in [5.74, 6) is 0.132. The van der Waals surface area contributed by atoms with Crippen molar-refractivity contribution in [2.24, 2.45) is 5.41 Å². The van der Waals surface area contributed by atoms with Gasteiger partial charge in [-0.15, -0.1) is 10.2 Å². The zero-order valence-electron chi connectivity index (χ0n) is 31.3. The Kier molecular flexibility index (Phi) is 14.8. The third kappa shape index (κ3) is 11.1. The Labute approximate surface area is 308 Å². The lowest BCUT2D eigenvalue weighted by Gasteiger charge is -2.26. The number of halogens is 1. The van der Waals surface area contributed by atoms with E-state index < -0.39 is 27.7 Å². The van der Waals surface area contributed by atoms with Crippen LogP contribution in [-0.2, 0) is 10.0 Å². The fourth-order valence-corrected chi connectivity index (χ4v) is 7.64. The maximum atomic E-state index is 14.4. The molecule has 1 unspecified atom stereocenters. The Morgan fingerprint density at radius 1 is 0.788 bits per heavy atom. The van der Waals surface area contributed by atoms with Crippen molar-refractivity contribution >= 4 is 16.0 Å². The number of rotatable bonds is 21. The highest BCUT2D eigenvalue weighted by Gasteiger charge is 2.34. The molecule has 0 bridgehead atoms. The van der Waals surface area contributed by atoms with E-state index in [9.17, 15) is 17.9 Å². The highest BCUT2D eigenvalue weighted by molar-refractivity contribution is 7.92. The smallest absolute Gasteiger partial charge is 0.246 e. The second-order valence-electron chi connectivity index (χ2n) is 14.1. The second-order valence-corrected chi connectivity index (χ2v) is 16.1.